The molecule has 0 saturated heterocycles. The molecule has 2 rings (SSSR count). The fourth-order valence-corrected chi connectivity index (χ4v) is 3.11. The Morgan fingerprint density at radius 3 is 2.89 bits per heavy atom. The van der Waals surface area contributed by atoms with Crippen molar-refractivity contribution in [1.82, 2.24) is 0 Å². The van der Waals surface area contributed by atoms with Crippen LogP contribution in [-0.4, -0.2) is 24.1 Å². The maximum absolute atomic E-state index is 5.28. The quantitative estimate of drug-likeness (QED) is 0.910. The lowest BCUT2D eigenvalue weighted by atomic mass is 10.1. The summed E-state index contributed by atoms with van der Waals surface area (Å²) in [4.78, 5) is 4.53. The fourth-order valence-electron chi connectivity index (χ4n) is 1.67. The number of thioether (sulfide) groups is 1. The third kappa shape index (κ3) is 3.20. The molecule has 0 bridgehead atoms. The van der Waals surface area contributed by atoms with Crippen LogP contribution in [0.4, 0.5) is 5.69 Å². The number of anilines is 1. The van der Waals surface area contributed by atoms with E-state index < -0.39 is 0 Å². The minimum absolute atomic E-state index is 0.588. The number of methoxy groups -OCH3 is 1. The summed E-state index contributed by atoms with van der Waals surface area (Å²) in [6.07, 6.45) is 0. The summed E-state index contributed by atoms with van der Waals surface area (Å²) < 4.78 is 6.23. The van der Waals surface area contributed by atoms with Crippen molar-refractivity contribution in [3.8, 4) is 5.75 Å². The van der Waals surface area contributed by atoms with E-state index in [1.54, 1.807) is 7.11 Å². The van der Waals surface area contributed by atoms with Crippen molar-refractivity contribution >= 4 is 38.5 Å². The number of hydrogen-bond donors (Lipinski definition) is 1. The van der Waals surface area contributed by atoms with E-state index in [9.17, 15) is 0 Å². The molecule has 98 valence electrons. The van der Waals surface area contributed by atoms with Crippen molar-refractivity contribution < 1.29 is 4.74 Å². The summed E-state index contributed by atoms with van der Waals surface area (Å²) in [6, 6.07) is 5.95. The molecule has 18 heavy (non-hydrogen) atoms. The van der Waals surface area contributed by atoms with Crippen LogP contribution < -0.4 is 10.1 Å². The maximum atomic E-state index is 5.28. The molecule has 3 nitrogen and oxygen atoms in total. The number of nitrogens with zero attached hydrogens (tertiary/aromatic N) is 1. The largest absolute Gasteiger partial charge is 0.495 e. The van der Waals surface area contributed by atoms with Gasteiger partial charge in [-0.15, -0.1) is 0 Å². The zero-order chi connectivity index (χ0) is 13.1. The Bertz CT molecular complexity index is 462. The van der Waals surface area contributed by atoms with Gasteiger partial charge in [-0.2, -0.15) is 0 Å². The monoisotopic (exact) mass is 328 g/mol. The molecule has 1 heterocycles. The van der Waals surface area contributed by atoms with Crippen molar-refractivity contribution in [3.63, 3.8) is 0 Å². The third-order valence-electron chi connectivity index (χ3n) is 2.82. The van der Waals surface area contributed by atoms with E-state index in [-0.39, 0.29) is 0 Å². The van der Waals surface area contributed by atoms with Gasteiger partial charge in [0.1, 0.15) is 5.75 Å². The molecule has 1 unspecified atom stereocenters. The van der Waals surface area contributed by atoms with Crippen molar-refractivity contribution in [3.05, 3.63) is 22.7 Å². The van der Waals surface area contributed by atoms with Gasteiger partial charge in [-0.1, -0.05) is 25.6 Å². The van der Waals surface area contributed by atoms with E-state index >= 15 is 0 Å². The number of nitrogens with one attached hydrogen (secondary N) is 1. The molecule has 1 aromatic carbocycles. The molecule has 0 aromatic heterocycles. The van der Waals surface area contributed by atoms with Gasteiger partial charge in [0.2, 0.25) is 0 Å². The lowest BCUT2D eigenvalue weighted by Crippen LogP contribution is -2.13. The van der Waals surface area contributed by atoms with Crippen LogP contribution in [-0.2, 0) is 0 Å². The van der Waals surface area contributed by atoms with E-state index in [1.165, 1.54) is 0 Å². The summed E-state index contributed by atoms with van der Waals surface area (Å²) in [5, 5.41) is 4.93. The molecule has 1 atom stereocenters. The Hall–Kier alpha value is -0.680. The van der Waals surface area contributed by atoms with Crippen molar-refractivity contribution in [2.45, 2.75) is 19.1 Å². The summed E-state index contributed by atoms with van der Waals surface area (Å²) >= 11 is 5.26. The highest BCUT2D eigenvalue weighted by Gasteiger charge is 2.22. The summed E-state index contributed by atoms with van der Waals surface area (Å²) in [7, 11) is 1.67. The second-order valence-corrected chi connectivity index (χ2v) is 6.60. The molecule has 0 saturated carbocycles. The maximum Gasteiger partial charge on any atom is 0.161 e. The van der Waals surface area contributed by atoms with E-state index in [1.807, 2.05) is 30.0 Å². The number of halogens is 1. The molecular formula is C13H17BrN2OS. The van der Waals surface area contributed by atoms with Crippen molar-refractivity contribution in [2.75, 3.05) is 19.0 Å². The van der Waals surface area contributed by atoms with Gasteiger partial charge in [-0.05, 0) is 34.0 Å². The summed E-state index contributed by atoms with van der Waals surface area (Å²) in [5.41, 5.74) is 1.01. The molecule has 0 aliphatic carbocycles. The van der Waals surface area contributed by atoms with Gasteiger partial charge < -0.3 is 10.1 Å². The van der Waals surface area contributed by atoms with Crippen LogP contribution in [0.15, 0.2) is 27.7 Å². The van der Waals surface area contributed by atoms with Crippen molar-refractivity contribution in [2.24, 2.45) is 10.9 Å². The Morgan fingerprint density at radius 2 is 2.28 bits per heavy atom. The lowest BCUT2D eigenvalue weighted by Gasteiger charge is -2.12. The first-order chi connectivity index (χ1) is 8.60. The normalized spacial score (nSPS) is 18.9. The molecule has 0 amide bonds. The van der Waals surface area contributed by atoms with E-state index in [0.717, 1.165) is 27.6 Å². The zero-order valence-corrected chi connectivity index (χ0v) is 13.1. The molecule has 5 heteroatoms. The smallest absolute Gasteiger partial charge is 0.161 e. The molecule has 1 aromatic rings. The molecule has 1 N–H and O–H groups in total. The molecule has 0 radical (unpaired) electrons. The van der Waals surface area contributed by atoms with Gasteiger partial charge in [-0.25, -0.2) is 0 Å². The number of aliphatic imine (C=N–C) groups is 1. The van der Waals surface area contributed by atoms with Gasteiger partial charge >= 0.3 is 0 Å². The average molecular weight is 329 g/mol. The number of benzene rings is 1. The zero-order valence-electron chi connectivity index (χ0n) is 10.7. The first kappa shape index (κ1) is 13.7. The van der Waals surface area contributed by atoms with Crippen LogP contribution in [0.5, 0.6) is 5.75 Å². The number of rotatable bonds is 3. The van der Waals surface area contributed by atoms with Gasteiger partial charge in [0.25, 0.3) is 0 Å². The fraction of sp³-hybridized carbons (Fsp3) is 0.462. The minimum atomic E-state index is 0.588. The topological polar surface area (TPSA) is 33.6 Å². The number of amidine groups is 1. The second-order valence-electron chi connectivity index (χ2n) is 4.52. The van der Waals surface area contributed by atoms with E-state index in [4.69, 9.17) is 4.74 Å². The lowest BCUT2D eigenvalue weighted by molar-refractivity contribution is 0.412. The molecule has 1 aliphatic heterocycles. The second kappa shape index (κ2) is 5.97. The van der Waals surface area contributed by atoms with Gasteiger partial charge in [-0.3, -0.25) is 4.99 Å². The molecule has 1 aliphatic rings. The Balaban J connectivity index is 2.03. The highest BCUT2D eigenvalue weighted by molar-refractivity contribution is 9.10. The van der Waals surface area contributed by atoms with Crippen LogP contribution in [0.1, 0.15) is 13.8 Å². The van der Waals surface area contributed by atoms with Gasteiger partial charge in [0.05, 0.1) is 18.1 Å². The van der Waals surface area contributed by atoms with Crippen LogP contribution >= 0.6 is 27.7 Å². The Labute approximate surface area is 121 Å². The predicted molar refractivity (Wildman–Crippen MR) is 82.8 cm³/mol. The van der Waals surface area contributed by atoms with E-state index in [0.29, 0.717) is 11.2 Å². The number of ether oxygens (including phenoxy) is 1. The molecule has 0 spiro atoms. The average Bonchev–Trinajstić information content (AvgIpc) is 2.80. The summed E-state index contributed by atoms with van der Waals surface area (Å²) in [5.74, 6) is 1.47. The standard InChI is InChI=1S/C13H17BrN2OS/c1-8(2)12-7-15-13(18-12)16-9-4-5-10(14)11(6-9)17-3/h4-6,8,12H,7H2,1-3H3,(H,15,16). The van der Waals surface area contributed by atoms with Gasteiger partial charge in [0, 0.05) is 17.0 Å². The summed E-state index contributed by atoms with van der Waals surface area (Å²) in [6.45, 7) is 5.37. The molecular weight excluding hydrogens is 312 g/mol. The van der Waals surface area contributed by atoms with Crippen molar-refractivity contribution in [1.29, 1.82) is 0 Å². The third-order valence-corrected chi connectivity index (χ3v) is 4.93. The first-order valence-electron chi connectivity index (χ1n) is 5.92. The Morgan fingerprint density at radius 1 is 1.50 bits per heavy atom. The SMILES string of the molecule is COc1cc(NC2=NCC(C(C)C)S2)ccc1Br. The van der Waals surface area contributed by atoms with Crippen LogP contribution in [0, 0.1) is 5.92 Å². The van der Waals surface area contributed by atoms with Crippen LogP contribution in [0.2, 0.25) is 0 Å². The number of hydrogen-bond acceptors (Lipinski definition) is 4. The minimum Gasteiger partial charge on any atom is -0.495 e. The van der Waals surface area contributed by atoms with Crippen LogP contribution in [0.3, 0.4) is 0 Å². The first-order valence-corrected chi connectivity index (χ1v) is 7.59. The Kier molecular flexibility index (Phi) is 4.56. The molecule has 0 fully saturated rings. The highest BCUT2D eigenvalue weighted by Crippen LogP contribution is 2.31. The van der Waals surface area contributed by atoms with Crippen LogP contribution in [0.25, 0.3) is 0 Å². The predicted octanol–water partition coefficient (Wildman–Crippen LogP) is 4.00. The van der Waals surface area contributed by atoms with Gasteiger partial charge in [0.15, 0.2) is 5.17 Å². The van der Waals surface area contributed by atoms with E-state index in [2.05, 4.69) is 40.1 Å². The highest BCUT2D eigenvalue weighted by atomic mass is 79.9.